The highest BCUT2D eigenvalue weighted by atomic mass is 32.2. The van der Waals surface area contributed by atoms with Crippen LogP contribution in [0.2, 0.25) is 0 Å². The summed E-state index contributed by atoms with van der Waals surface area (Å²) in [5.74, 6) is -0.0763. The second kappa shape index (κ2) is 8.81. The summed E-state index contributed by atoms with van der Waals surface area (Å²) in [6.07, 6.45) is 2.68. The van der Waals surface area contributed by atoms with Crippen molar-refractivity contribution < 1.29 is 17.7 Å². The lowest BCUT2D eigenvalue weighted by Crippen LogP contribution is -2.46. The van der Waals surface area contributed by atoms with E-state index in [4.69, 9.17) is 4.52 Å². The molecule has 0 bridgehead atoms. The van der Waals surface area contributed by atoms with Crippen LogP contribution in [0.4, 0.5) is 0 Å². The first-order valence-corrected chi connectivity index (χ1v) is 11.3. The van der Waals surface area contributed by atoms with E-state index in [0.29, 0.717) is 18.6 Å². The van der Waals surface area contributed by atoms with Gasteiger partial charge in [0.1, 0.15) is 0 Å². The third-order valence-corrected chi connectivity index (χ3v) is 7.26. The van der Waals surface area contributed by atoms with E-state index in [1.54, 1.807) is 36.4 Å². The maximum atomic E-state index is 13.5. The fourth-order valence-corrected chi connectivity index (χ4v) is 5.52. The lowest BCUT2D eigenvalue weighted by atomic mass is 9.90. The van der Waals surface area contributed by atoms with Gasteiger partial charge in [-0.1, -0.05) is 53.7 Å². The van der Waals surface area contributed by atoms with E-state index < -0.39 is 15.9 Å². The number of amides is 1. The molecule has 1 aliphatic heterocycles. The van der Waals surface area contributed by atoms with E-state index in [2.05, 4.69) is 10.5 Å². The zero-order valence-electron chi connectivity index (χ0n) is 16.3. The summed E-state index contributed by atoms with van der Waals surface area (Å²) >= 11 is 0. The van der Waals surface area contributed by atoms with E-state index in [1.807, 2.05) is 30.3 Å². The lowest BCUT2D eigenvalue weighted by Gasteiger charge is -2.38. The van der Waals surface area contributed by atoms with Crippen molar-refractivity contribution in [3.05, 3.63) is 84.3 Å². The Morgan fingerprint density at radius 1 is 1.03 bits per heavy atom. The van der Waals surface area contributed by atoms with Gasteiger partial charge < -0.3 is 9.84 Å². The Balaban J connectivity index is 1.58. The summed E-state index contributed by atoms with van der Waals surface area (Å²) in [5, 5.41) is 6.45. The quantitative estimate of drug-likeness (QED) is 0.655. The van der Waals surface area contributed by atoms with Gasteiger partial charge in [0.05, 0.1) is 29.6 Å². The molecule has 2 atom stereocenters. The molecule has 1 fully saturated rings. The number of nitrogens with one attached hydrogen (secondary N) is 1. The van der Waals surface area contributed by atoms with Gasteiger partial charge in [-0.15, -0.1) is 0 Å². The van der Waals surface area contributed by atoms with Gasteiger partial charge in [-0.2, -0.15) is 4.31 Å². The molecule has 156 valence electrons. The Morgan fingerprint density at radius 2 is 1.73 bits per heavy atom. The summed E-state index contributed by atoms with van der Waals surface area (Å²) in [6, 6.07) is 19.3. The number of aromatic nitrogens is 1. The van der Waals surface area contributed by atoms with Gasteiger partial charge >= 0.3 is 0 Å². The molecule has 1 aromatic heterocycles. The Hall–Kier alpha value is -2.97. The second-order valence-corrected chi connectivity index (χ2v) is 9.18. The molecular weight excluding hydrogens is 402 g/mol. The highest BCUT2D eigenvalue weighted by molar-refractivity contribution is 7.89. The van der Waals surface area contributed by atoms with Crippen molar-refractivity contribution in [2.24, 2.45) is 5.92 Å². The molecule has 0 unspecified atom stereocenters. The van der Waals surface area contributed by atoms with E-state index in [0.717, 1.165) is 5.56 Å². The molecule has 1 N–H and O–H groups in total. The summed E-state index contributed by atoms with van der Waals surface area (Å²) in [6.45, 7) is 0.349. The minimum Gasteiger partial charge on any atom is -0.360 e. The first kappa shape index (κ1) is 20.3. The van der Waals surface area contributed by atoms with Gasteiger partial charge in [-0.05, 0) is 30.5 Å². The number of rotatable bonds is 6. The molecule has 2 aromatic carbocycles. The van der Waals surface area contributed by atoms with Crippen LogP contribution in [0.5, 0.6) is 0 Å². The zero-order valence-corrected chi connectivity index (χ0v) is 17.2. The average Bonchev–Trinajstić information content (AvgIpc) is 3.32. The minimum atomic E-state index is -3.76. The smallest absolute Gasteiger partial charge is 0.243 e. The predicted molar refractivity (Wildman–Crippen MR) is 111 cm³/mol. The van der Waals surface area contributed by atoms with Crippen molar-refractivity contribution in [2.75, 3.05) is 6.54 Å². The normalized spacial score (nSPS) is 20.0. The molecule has 30 heavy (non-hydrogen) atoms. The minimum absolute atomic E-state index is 0.124. The van der Waals surface area contributed by atoms with Crippen LogP contribution in [0.3, 0.4) is 0 Å². The Morgan fingerprint density at radius 3 is 2.40 bits per heavy atom. The van der Waals surface area contributed by atoms with Crippen molar-refractivity contribution in [3.8, 4) is 0 Å². The number of nitrogens with zero attached hydrogens (tertiary/aromatic N) is 2. The van der Waals surface area contributed by atoms with Gasteiger partial charge in [0.25, 0.3) is 0 Å². The molecule has 8 heteroatoms. The maximum Gasteiger partial charge on any atom is 0.243 e. The summed E-state index contributed by atoms with van der Waals surface area (Å²) in [4.78, 5) is 13.0. The van der Waals surface area contributed by atoms with Crippen LogP contribution in [0.25, 0.3) is 0 Å². The number of carbonyl (C=O) groups is 1. The molecule has 0 saturated carbocycles. The monoisotopic (exact) mass is 425 g/mol. The van der Waals surface area contributed by atoms with E-state index in [1.165, 1.54) is 10.5 Å². The predicted octanol–water partition coefficient (Wildman–Crippen LogP) is 3.13. The standard InChI is InChI=1S/C22H23N3O4S/c26-22(23-15-19-13-14-24-29-19)18-11-12-21(17-7-3-1-4-8-17)25(16-18)30(27,28)20-9-5-2-6-10-20/h1-10,13-14,18,21H,11-12,15-16H2,(H,23,26)/t18-,21-/m1/s1. The van der Waals surface area contributed by atoms with E-state index in [9.17, 15) is 13.2 Å². The highest BCUT2D eigenvalue weighted by Gasteiger charge is 2.39. The number of carbonyl (C=O) groups excluding carboxylic acids is 1. The van der Waals surface area contributed by atoms with Crippen LogP contribution < -0.4 is 5.32 Å². The molecule has 7 nitrogen and oxygen atoms in total. The van der Waals surface area contributed by atoms with Crippen molar-refractivity contribution in [3.63, 3.8) is 0 Å². The molecule has 1 amide bonds. The second-order valence-electron chi connectivity index (χ2n) is 7.29. The number of hydrogen-bond donors (Lipinski definition) is 1. The topological polar surface area (TPSA) is 92.5 Å². The summed E-state index contributed by atoms with van der Waals surface area (Å²) < 4.78 is 33.4. The molecule has 4 rings (SSSR count). The Kier molecular flexibility index (Phi) is 5.96. The van der Waals surface area contributed by atoms with Crippen LogP contribution in [0.1, 0.15) is 30.2 Å². The molecule has 2 heterocycles. The SMILES string of the molecule is O=C(NCc1ccno1)[C@@H]1CC[C@H](c2ccccc2)N(S(=O)(=O)c2ccccc2)C1. The van der Waals surface area contributed by atoms with Crippen LogP contribution in [0, 0.1) is 5.92 Å². The summed E-state index contributed by atoms with van der Waals surface area (Å²) in [5.41, 5.74) is 0.928. The van der Waals surface area contributed by atoms with Crippen molar-refractivity contribution in [1.82, 2.24) is 14.8 Å². The largest absolute Gasteiger partial charge is 0.360 e. The molecule has 1 saturated heterocycles. The molecule has 3 aromatic rings. The molecular formula is C22H23N3O4S. The Bertz CT molecular complexity index is 1070. The van der Waals surface area contributed by atoms with Gasteiger partial charge in [-0.3, -0.25) is 4.79 Å². The molecule has 0 radical (unpaired) electrons. The van der Waals surface area contributed by atoms with Crippen LogP contribution in [0.15, 0.2) is 82.3 Å². The first-order valence-electron chi connectivity index (χ1n) is 9.85. The van der Waals surface area contributed by atoms with Crippen LogP contribution in [-0.4, -0.2) is 30.3 Å². The van der Waals surface area contributed by atoms with Gasteiger partial charge in [0.15, 0.2) is 5.76 Å². The number of piperidine rings is 1. The van der Waals surface area contributed by atoms with Gasteiger partial charge in [0.2, 0.25) is 15.9 Å². The van der Waals surface area contributed by atoms with E-state index >= 15 is 0 Å². The van der Waals surface area contributed by atoms with Crippen molar-refractivity contribution in [1.29, 1.82) is 0 Å². The number of hydrogen-bond acceptors (Lipinski definition) is 5. The third-order valence-electron chi connectivity index (χ3n) is 5.37. The van der Waals surface area contributed by atoms with Crippen molar-refractivity contribution in [2.45, 2.75) is 30.3 Å². The fraction of sp³-hybridized carbons (Fsp3) is 0.273. The van der Waals surface area contributed by atoms with Gasteiger partial charge in [-0.25, -0.2) is 8.42 Å². The first-order chi connectivity index (χ1) is 14.6. The molecule has 1 aliphatic rings. The van der Waals surface area contributed by atoms with E-state index in [-0.39, 0.29) is 29.9 Å². The third kappa shape index (κ3) is 4.29. The zero-order chi connectivity index (χ0) is 21.0. The Labute approximate surface area is 175 Å². The van der Waals surface area contributed by atoms with Crippen molar-refractivity contribution >= 4 is 15.9 Å². The molecule has 0 aliphatic carbocycles. The maximum absolute atomic E-state index is 13.5. The number of benzene rings is 2. The molecule has 0 spiro atoms. The van der Waals surface area contributed by atoms with Crippen LogP contribution >= 0.6 is 0 Å². The fourth-order valence-electron chi connectivity index (χ4n) is 3.81. The van der Waals surface area contributed by atoms with Crippen LogP contribution in [-0.2, 0) is 21.4 Å². The summed E-state index contributed by atoms with van der Waals surface area (Å²) in [7, 11) is -3.76. The lowest BCUT2D eigenvalue weighted by molar-refractivity contribution is -0.126. The highest BCUT2D eigenvalue weighted by Crippen LogP contribution is 2.37. The van der Waals surface area contributed by atoms with Gasteiger partial charge in [0, 0.05) is 12.6 Å². The number of sulfonamides is 1. The average molecular weight is 426 g/mol.